The molecule has 0 radical (unpaired) electrons. The SMILES string of the molecule is CCCc1ccc(C2=CC=C(C3CCC(CCC)CC3)C(F)(F)C2(F)F)c(F)c1F. The van der Waals surface area contributed by atoms with E-state index < -0.39 is 46.1 Å². The number of benzene rings is 1. The molecule has 1 aromatic rings. The lowest BCUT2D eigenvalue weighted by Crippen LogP contribution is -2.47. The van der Waals surface area contributed by atoms with Crippen molar-refractivity contribution in [2.75, 3.05) is 0 Å². The van der Waals surface area contributed by atoms with Crippen LogP contribution in [0.3, 0.4) is 0 Å². The van der Waals surface area contributed by atoms with Crippen LogP contribution in [0.2, 0.25) is 0 Å². The summed E-state index contributed by atoms with van der Waals surface area (Å²) in [6.45, 7) is 3.83. The largest absolute Gasteiger partial charge is 0.340 e. The van der Waals surface area contributed by atoms with Crippen molar-refractivity contribution >= 4 is 5.57 Å². The number of aryl methyl sites for hydroxylation is 1. The van der Waals surface area contributed by atoms with Gasteiger partial charge in [-0.2, -0.15) is 17.6 Å². The quantitative estimate of drug-likeness (QED) is 0.400. The second-order valence-corrected chi connectivity index (χ2v) is 8.51. The lowest BCUT2D eigenvalue weighted by atomic mass is 9.72. The maximum atomic E-state index is 15.0. The molecule has 0 amide bonds. The highest BCUT2D eigenvalue weighted by Crippen LogP contribution is 2.54. The Bertz CT molecular complexity index is 828. The first-order chi connectivity index (χ1) is 14.1. The Labute approximate surface area is 174 Å². The van der Waals surface area contributed by atoms with Crippen molar-refractivity contribution in [1.82, 2.24) is 0 Å². The molecule has 6 heteroatoms. The number of hydrogen-bond acceptors (Lipinski definition) is 0. The maximum absolute atomic E-state index is 15.0. The average molecular weight is 430 g/mol. The second kappa shape index (κ2) is 8.80. The summed E-state index contributed by atoms with van der Waals surface area (Å²) >= 11 is 0. The van der Waals surface area contributed by atoms with Gasteiger partial charge in [-0.25, -0.2) is 8.78 Å². The molecule has 0 N–H and O–H groups in total. The summed E-state index contributed by atoms with van der Waals surface area (Å²) in [4.78, 5) is 0. The average Bonchev–Trinajstić information content (AvgIpc) is 2.70. The monoisotopic (exact) mass is 430 g/mol. The van der Waals surface area contributed by atoms with Crippen molar-refractivity contribution in [1.29, 1.82) is 0 Å². The Morgan fingerprint density at radius 3 is 2.10 bits per heavy atom. The number of halogens is 6. The molecule has 2 aliphatic carbocycles. The smallest absolute Gasteiger partial charge is 0.203 e. The molecule has 2 aliphatic rings. The predicted molar refractivity (Wildman–Crippen MR) is 107 cm³/mol. The minimum atomic E-state index is -4.61. The molecule has 0 atom stereocenters. The van der Waals surface area contributed by atoms with Crippen molar-refractivity contribution in [3.63, 3.8) is 0 Å². The normalized spacial score (nSPS) is 25.6. The Morgan fingerprint density at radius 2 is 1.50 bits per heavy atom. The summed E-state index contributed by atoms with van der Waals surface area (Å²) < 4.78 is 88.6. The highest BCUT2D eigenvalue weighted by atomic mass is 19.3. The van der Waals surface area contributed by atoms with Crippen LogP contribution in [0.15, 0.2) is 29.9 Å². The molecule has 0 bridgehead atoms. The van der Waals surface area contributed by atoms with Crippen LogP contribution in [0.4, 0.5) is 26.3 Å². The second-order valence-electron chi connectivity index (χ2n) is 8.51. The van der Waals surface area contributed by atoms with E-state index >= 15 is 0 Å². The van der Waals surface area contributed by atoms with Crippen molar-refractivity contribution in [3.05, 3.63) is 52.6 Å². The van der Waals surface area contributed by atoms with E-state index in [0.717, 1.165) is 43.9 Å². The molecule has 166 valence electrons. The van der Waals surface area contributed by atoms with Gasteiger partial charge in [-0.15, -0.1) is 0 Å². The molecule has 0 heterocycles. The fourth-order valence-corrected chi connectivity index (χ4v) is 4.81. The van der Waals surface area contributed by atoms with Gasteiger partial charge in [-0.3, -0.25) is 0 Å². The molecule has 0 spiro atoms. The first kappa shape index (κ1) is 23.0. The van der Waals surface area contributed by atoms with Crippen molar-refractivity contribution in [2.45, 2.75) is 77.1 Å². The lowest BCUT2D eigenvalue weighted by Gasteiger charge is -2.39. The van der Waals surface area contributed by atoms with Crippen molar-refractivity contribution in [2.24, 2.45) is 11.8 Å². The summed E-state index contributed by atoms with van der Waals surface area (Å²) in [7, 11) is 0. The minimum absolute atomic E-state index is 0.0466. The standard InChI is InChI=1S/C24H28F6/c1-3-5-15-7-9-16(10-8-15)19-13-14-20(24(29,30)23(19,27)28)18-12-11-17(6-4-2)21(25)22(18)26/h11-16H,3-10H2,1-2H3. The minimum Gasteiger partial charge on any atom is -0.203 e. The first-order valence-electron chi connectivity index (χ1n) is 10.8. The van der Waals surface area contributed by atoms with Gasteiger partial charge in [0.05, 0.1) is 0 Å². The number of rotatable bonds is 6. The van der Waals surface area contributed by atoms with Crippen molar-refractivity contribution in [3.8, 4) is 0 Å². The molecule has 1 fully saturated rings. The third kappa shape index (κ3) is 3.94. The van der Waals surface area contributed by atoms with E-state index in [9.17, 15) is 26.3 Å². The fourth-order valence-electron chi connectivity index (χ4n) is 4.81. The van der Waals surface area contributed by atoms with Crippen molar-refractivity contribution < 1.29 is 26.3 Å². The Balaban J connectivity index is 1.96. The number of allylic oxidation sites excluding steroid dienone is 4. The molecule has 3 rings (SSSR count). The summed E-state index contributed by atoms with van der Waals surface area (Å²) in [5, 5.41) is 0. The zero-order chi connectivity index (χ0) is 22.1. The molecule has 1 aromatic carbocycles. The molecule has 0 aromatic heterocycles. The summed E-state index contributed by atoms with van der Waals surface area (Å²) in [5.41, 5.74) is -2.52. The Kier molecular flexibility index (Phi) is 6.73. The molecular formula is C24H28F6. The zero-order valence-corrected chi connectivity index (χ0v) is 17.4. The third-order valence-corrected chi connectivity index (χ3v) is 6.48. The van der Waals surface area contributed by atoms with Crippen LogP contribution in [0.5, 0.6) is 0 Å². The van der Waals surface area contributed by atoms with Gasteiger partial charge in [0.15, 0.2) is 11.6 Å². The molecule has 1 saturated carbocycles. The van der Waals surface area contributed by atoms with E-state index in [0.29, 0.717) is 25.2 Å². The van der Waals surface area contributed by atoms with E-state index in [2.05, 4.69) is 6.92 Å². The van der Waals surface area contributed by atoms with E-state index in [4.69, 9.17) is 0 Å². The molecule has 0 nitrogen and oxygen atoms in total. The number of hydrogen-bond donors (Lipinski definition) is 0. The van der Waals surface area contributed by atoms with Crippen LogP contribution in [-0.2, 0) is 6.42 Å². The van der Waals surface area contributed by atoms with E-state index in [1.165, 1.54) is 6.07 Å². The van der Waals surface area contributed by atoms with Crippen LogP contribution < -0.4 is 0 Å². The van der Waals surface area contributed by atoms with Gasteiger partial charge < -0.3 is 0 Å². The Hall–Kier alpha value is -1.72. The molecule has 30 heavy (non-hydrogen) atoms. The highest BCUT2D eigenvalue weighted by Gasteiger charge is 2.63. The van der Waals surface area contributed by atoms with Gasteiger partial charge in [0.25, 0.3) is 0 Å². The molecule has 0 unspecified atom stereocenters. The maximum Gasteiger partial charge on any atom is 0.340 e. The molecule has 0 saturated heterocycles. The third-order valence-electron chi connectivity index (χ3n) is 6.48. The van der Waals surface area contributed by atoms with E-state index in [1.807, 2.05) is 0 Å². The van der Waals surface area contributed by atoms with Crippen LogP contribution in [0, 0.1) is 23.5 Å². The summed E-state index contributed by atoms with van der Waals surface area (Å²) in [5.74, 6) is -12.0. The van der Waals surface area contributed by atoms with Gasteiger partial charge in [0.1, 0.15) is 0 Å². The summed E-state index contributed by atoms with van der Waals surface area (Å²) in [6, 6.07) is 2.18. The van der Waals surface area contributed by atoms with Gasteiger partial charge in [0, 0.05) is 16.7 Å². The van der Waals surface area contributed by atoms with Gasteiger partial charge >= 0.3 is 11.8 Å². The summed E-state index contributed by atoms with van der Waals surface area (Å²) in [6.07, 6.45) is 7.04. The first-order valence-corrected chi connectivity index (χ1v) is 10.8. The highest BCUT2D eigenvalue weighted by molar-refractivity contribution is 5.76. The molecule has 0 aliphatic heterocycles. The topological polar surface area (TPSA) is 0 Å². The molecular weight excluding hydrogens is 402 g/mol. The number of alkyl halides is 4. The van der Waals surface area contributed by atoms with Crippen LogP contribution in [-0.4, -0.2) is 11.8 Å². The fraction of sp³-hybridized carbons (Fsp3) is 0.583. The zero-order valence-electron chi connectivity index (χ0n) is 17.4. The van der Waals surface area contributed by atoms with Gasteiger partial charge in [-0.05, 0) is 49.5 Å². The lowest BCUT2D eigenvalue weighted by molar-refractivity contribution is -0.154. The van der Waals surface area contributed by atoms with Crippen LogP contribution in [0.25, 0.3) is 5.57 Å². The van der Waals surface area contributed by atoms with Crippen LogP contribution in [0.1, 0.15) is 69.9 Å². The Morgan fingerprint density at radius 1 is 0.833 bits per heavy atom. The van der Waals surface area contributed by atoms with Gasteiger partial charge in [0.2, 0.25) is 0 Å². The van der Waals surface area contributed by atoms with E-state index in [1.54, 1.807) is 6.92 Å². The van der Waals surface area contributed by atoms with Crippen LogP contribution >= 0.6 is 0 Å². The van der Waals surface area contributed by atoms with Gasteiger partial charge in [-0.1, -0.05) is 57.4 Å². The predicted octanol–water partition coefficient (Wildman–Crippen LogP) is 8.12. The van der Waals surface area contributed by atoms with E-state index in [-0.39, 0.29) is 12.0 Å².